The van der Waals surface area contributed by atoms with Crippen LogP contribution in [-0.4, -0.2) is 22.3 Å². The molecule has 0 radical (unpaired) electrons. The summed E-state index contributed by atoms with van der Waals surface area (Å²) in [6, 6.07) is 26.5. The zero-order valence-corrected chi connectivity index (χ0v) is 20.1. The van der Waals surface area contributed by atoms with Crippen LogP contribution in [-0.2, 0) is 5.75 Å². The lowest BCUT2D eigenvalue weighted by Crippen LogP contribution is -2.17. The van der Waals surface area contributed by atoms with Gasteiger partial charge in [0.2, 0.25) is 11.0 Å². The lowest BCUT2D eigenvalue weighted by atomic mass is 10.0. The second-order valence-corrected chi connectivity index (χ2v) is 9.16. The monoisotopic (exact) mass is 496 g/mol. The van der Waals surface area contributed by atoms with Gasteiger partial charge in [-0.2, -0.15) is 4.98 Å². The number of ether oxygens (including phenoxy) is 2. The molecule has 1 atom stereocenters. The fourth-order valence-electron chi connectivity index (χ4n) is 4.31. The van der Waals surface area contributed by atoms with Crippen molar-refractivity contribution in [3.05, 3.63) is 102 Å². The Morgan fingerprint density at radius 3 is 2.56 bits per heavy atom. The normalized spacial score (nSPS) is 14.2. The smallest absolute Gasteiger partial charge is 0.247 e. The van der Waals surface area contributed by atoms with Crippen LogP contribution in [0.2, 0.25) is 0 Å². The van der Waals surface area contributed by atoms with Gasteiger partial charge in [0.1, 0.15) is 11.6 Å². The predicted octanol–water partition coefficient (Wildman–Crippen LogP) is 6.63. The van der Waals surface area contributed by atoms with Crippen molar-refractivity contribution in [2.45, 2.75) is 17.1 Å². The molecule has 6 rings (SSSR count). The van der Waals surface area contributed by atoms with Gasteiger partial charge in [0.05, 0.1) is 7.11 Å². The van der Waals surface area contributed by atoms with Crippen LogP contribution in [0.5, 0.6) is 11.6 Å². The lowest BCUT2D eigenvalue weighted by molar-refractivity contribution is 0.226. The summed E-state index contributed by atoms with van der Waals surface area (Å²) in [4.78, 5) is 4.69. The maximum Gasteiger partial charge on any atom is 0.247 e. The number of hydrogen-bond acceptors (Lipinski definition) is 7. The van der Waals surface area contributed by atoms with Gasteiger partial charge < -0.3 is 14.8 Å². The number of hydrogen-bond donors (Lipinski definition) is 1. The van der Waals surface area contributed by atoms with Crippen molar-refractivity contribution in [1.29, 1.82) is 0 Å². The van der Waals surface area contributed by atoms with Crippen molar-refractivity contribution >= 4 is 28.2 Å². The van der Waals surface area contributed by atoms with E-state index in [1.54, 1.807) is 19.2 Å². The van der Waals surface area contributed by atoms with Crippen LogP contribution < -0.4 is 14.8 Å². The van der Waals surface area contributed by atoms with E-state index in [0.717, 1.165) is 33.3 Å². The van der Waals surface area contributed by atoms with Crippen LogP contribution in [0.4, 0.5) is 10.1 Å². The van der Waals surface area contributed by atoms with Crippen molar-refractivity contribution in [2.75, 3.05) is 12.4 Å². The van der Waals surface area contributed by atoms with Gasteiger partial charge in [-0.25, -0.2) is 4.39 Å². The van der Waals surface area contributed by atoms with Gasteiger partial charge in [-0.3, -0.25) is 0 Å². The van der Waals surface area contributed by atoms with E-state index in [-0.39, 0.29) is 5.82 Å². The fourth-order valence-corrected chi connectivity index (χ4v) is 5.07. The van der Waals surface area contributed by atoms with Crippen molar-refractivity contribution in [3.63, 3.8) is 0 Å². The van der Waals surface area contributed by atoms with E-state index in [2.05, 4.69) is 20.5 Å². The van der Waals surface area contributed by atoms with Crippen LogP contribution in [0.3, 0.4) is 0 Å². The highest BCUT2D eigenvalue weighted by molar-refractivity contribution is 7.98. The summed E-state index contributed by atoms with van der Waals surface area (Å²) in [6.45, 7) is 0. The number of nitrogens with one attached hydrogen (secondary N) is 1. The maximum atomic E-state index is 14.1. The summed E-state index contributed by atoms with van der Waals surface area (Å²) in [5.74, 6) is 1.28. The molecule has 1 N–H and O–H groups in total. The van der Waals surface area contributed by atoms with Gasteiger partial charge in [-0.1, -0.05) is 72.4 Å². The molecule has 0 aliphatic carbocycles. The lowest BCUT2D eigenvalue weighted by Gasteiger charge is -2.21. The summed E-state index contributed by atoms with van der Waals surface area (Å²) in [7, 11) is 1.66. The molecule has 6 nitrogen and oxygen atoms in total. The minimum absolute atomic E-state index is 0.256. The Kier molecular flexibility index (Phi) is 5.87. The van der Waals surface area contributed by atoms with Gasteiger partial charge in [0, 0.05) is 28.0 Å². The molecule has 178 valence electrons. The van der Waals surface area contributed by atoms with Crippen LogP contribution in [0.15, 0.2) is 90.1 Å². The fraction of sp³-hybridized carbons (Fsp3) is 0.107. The number of benzene rings is 4. The van der Waals surface area contributed by atoms with Gasteiger partial charge in [0.15, 0.2) is 11.9 Å². The Bertz CT molecular complexity index is 1580. The highest BCUT2D eigenvalue weighted by Gasteiger charge is 2.27. The molecule has 0 saturated carbocycles. The standard InChI is InChI=1S/C28H21FN4O2S/c1-34-24-15-14-20(18-9-3-4-10-19(18)24)26-30-23-13-7-5-11-21(23)25-27(35-26)31-28(33-32-25)36-16-17-8-2-6-12-22(17)29/h2-15,26,30H,16H2,1H3/t26-/m0/s1. The average Bonchev–Trinajstić information content (AvgIpc) is 3.08. The molecule has 8 heteroatoms. The highest BCUT2D eigenvalue weighted by atomic mass is 32.2. The molecule has 36 heavy (non-hydrogen) atoms. The minimum Gasteiger partial charge on any atom is -0.496 e. The van der Waals surface area contributed by atoms with Crippen molar-refractivity contribution < 1.29 is 13.9 Å². The van der Waals surface area contributed by atoms with Crippen LogP contribution >= 0.6 is 11.8 Å². The molecule has 0 bridgehead atoms. The van der Waals surface area contributed by atoms with E-state index < -0.39 is 6.23 Å². The average molecular weight is 497 g/mol. The van der Waals surface area contributed by atoms with E-state index in [4.69, 9.17) is 9.47 Å². The Labute approximate surface area is 211 Å². The summed E-state index contributed by atoms with van der Waals surface area (Å²) >= 11 is 1.31. The highest BCUT2D eigenvalue weighted by Crippen LogP contribution is 2.41. The Hall–Kier alpha value is -4.17. The van der Waals surface area contributed by atoms with E-state index in [1.165, 1.54) is 17.8 Å². The second kappa shape index (κ2) is 9.47. The summed E-state index contributed by atoms with van der Waals surface area (Å²) in [5, 5.41) is 14.7. The van der Waals surface area contributed by atoms with Crippen LogP contribution in [0, 0.1) is 5.82 Å². The molecule has 0 saturated heterocycles. The topological polar surface area (TPSA) is 69.2 Å². The first-order chi connectivity index (χ1) is 17.7. The number of thioether (sulfide) groups is 1. The largest absolute Gasteiger partial charge is 0.496 e. The zero-order chi connectivity index (χ0) is 24.5. The van der Waals surface area contributed by atoms with Gasteiger partial charge in [0.25, 0.3) is 0 Å². The summed E-state index contributed by atoms with van der Waals surface area (Å²) < 4.78 is 26.1. The second-order valence-electron chi connectivity index (χ2n) is 8.22. The molecule has 0 unspecified atom stereocenters. The van der Waals surface area contributed by atoms with Crippen molar-refractivity contribution in [3.8, 4) is 22.9 Å². The molecule has 0 fully saturated rings. The number of methoxy groups -OCH3 is 1. The maximum absolute atomic E-state index is 14.1. The first-order valence-corrected chi connectivity index (χ1v) is 12.4. The van der Waals surface area contributed by atoms with Gasteiger partial charge in [-0.15, -0.1) is 10.2 Å². The third-order valence-electron chi connectivity index (χ3n) is 6.07. The predicted molar refractivity (Wildman–Crippen MR) is 139 cm³/mol. The number of para-hydroxylation sites is 1. The molecule has 1 aromatic heterocycles. The van der Waals surface area contributed by atoms with E-state index in [9.17, 15) is 4.39 Å². The quantitative estimate of drug-likeness (QED) is 0.274. The third kappa shape index (κ3) is 4.09. The number of fused-ring (bicyclic) bond motifs is 4. The van der Waals surface area contributed by atoms with E-state index in [1.807, 2.05) is 66.7 Å². The number of nitrogens with zero attached hydrogens (tertiary/aromatic N) is 3. The van der Waals surface area contributed by atoms with Gasteiger partial charge >= 0.3 is 0 Å². The number of aromatic nitrogens is 3. The zero-order valence-electron chi connectivity index (χ0n) is 19.3. The Balaban J connectivity index is 1.41. The molecule has 4 aromatic carbocycles. The van der Waals surface area contributed by atoms with Crippen molar-refractivity contribution in [1.82, 2.24) is 15.2 Å². The first kappa shape index (κ1) is 22.3. The van der Waals surface area contributed by atoms with E-state index >= 15 is 0 Å². The molecular weight excluding hydrogens is 475 g/mol. The number of halogens is 1. The Morgan fingerprint density at radius 1 is 0.917 bits per heavy atom. The van der Waals surface area contributed by atoms with Crippen LogP contribution in [0.25, 0.3) is 22.0 Å². The molecule has 0 amide bonds. The SMILES string of the molecule is COc1ccc([C@H]2Nc3ccccc3-c3nnc(SCc4ccccc4F)nc3O2)c2ccccc12. The molecule has 1 aliphatic heterocycles. The molecule has 2 heterocycles. The van der Waals surface area contributed by atoms with E-state index in [0.29, 0.717) is 28.0 Å². The number of rotatable bonds is 5. The van der Waals surface area contributed by atoms with Gasteiger partial charge in [-0.05, 0) is 35.2 Å². The molecular formula is C28H21FN4O2S. The Morgan fingerprint density at radius 2 is 1.69 bits per heavy atom. The van der Waals surface area contributed by atoms with Crippen LogP contribution in [0.1, 0.15) is 17.4 Å². The minimum atomic E-state index is -0.538. The molecule has 5 aromatic rings. The summed E-state index contributed by atoms with van der Waals surface area (Å²) in [5.41, 5.74) is 3.78. The molecule has 0 spiro atoms. The van der Waals surface area contributed by atoms with Crippen molar-refractivity contribution in [2.24, 2.45) is 0 Å². The first-order valence-electron chi connectivity index (χ1n) is 11.4. The number of anilines is 1. The molecule has 1 aliphatic rings. The summed E-state index contributed by atoms with van der Waals surface area (Å²) in [6.07, 6.45) is -0.538. The third-order valence-corrected chi connectivity index (χ3v) is 6.95.